The SMILES string of the molecule is C1CN1.OC(O)=S. The summed E-state index contributed by atoms with van der Waals surface area (Å²) in [5, 5.41) is 16.7. The first-order chi connectivity index (χ1) is 3.23. The molecular formula is C3H7NO2S. The standard InChI is InChI=1S/C2H5N.CH2O2S/c1-2-3-1;2-1(3)4/h3H,1-2H2;(H2,2,3,4). The Hall–Kier alpha value is -0.350. The quantitative estimate of drug-likeness (QED) is 0.311. The molecule has 0 radical (unpaired) electrons. The van der Waals surface area contributed by atoms with E-state index in [2.05, 4.69) is 17.5 Å². The fourth-order valence-corrected chi connectivity index (χ4v) is 0. The van der Waals surface area contributed by atoms with Gasteiger partial charge in [-0.25, -0.2) is 0 Å². The average molecular weight is 121 g/mol. The molecule has 3 nitrogen and oxygen atoms in total. The lowest BCUT2D eigenvalue weighted by Crippen LogP contribution is -1.80. The normalized spacial score (nSPS) is 13.7. The van der Waals surface area contributed by atoms with Gasteiger partial charge in [-0.1, -0.05) is 0 Å². The van der Waals surface area contributed by atoms with Crippen LogP contribution in [0.5, 0.6) is 0 Å². The van der Waals surface area contributed by atoms with E-state index < -0.39 is 5.24 Å². The maximum absolute atomic E-state index is 7.34. The summed E-state index contributed by atoms with van der Waals surface area (Å²) in [5.41, 5.74) is 0. The lowest BCUT2D eigenvalue weighted by Gasteiger charge is -1.65. The fraction of sp³-hybridized carbons (Fsp3) is 0.667. The number of hydrogen-bond donors (Lipinski definition) is 3. The molecule has 1 aliphatic rings. The minimum Gasteiger partial charge on any atom is -0.473 e. The van der Waals surface area contributed by atoms with E-state index >= 15 is 0 Å². The van der Waals surface area contributed by atoms with Gasteiger partial charge in [0.25, 0.3) is 0 Å². The summed E-state index contributed by atoms with van der Waals surface area (Å²) in [6.07, 6.45) is 0. The first-order valence-corrected chi connectivity index (χ1v) is 2.27. The highest BCUT2D eigenvalue weighted by Crippen LogP contribution is 1.65. The molecule has 0 amide bonds. The third kappa shape index (κ3) is 178. The van der Waals surface area contributed by atoms with Crippen molar-refractivity contribution in [3.05, 3.63) is 0 Å². The van der Waals surface area contributed by atoms with Crippen LogP contribution in [0, 0.1) is 0 Å². The Morgan fingerprint density at radius 2 is 1.57 bits per heavy atom. The third-order valence-electron chi connectivity index (χ3n) is 0.250. The lowest BCUT2D eigenvalue weighted by atomic mass is 11.0. The van der Waals surface area contributed by atoms with E-state index in [9.17, 15) is 0 Å². The molecule has 0 bridgehead atoms. The summed E-state index contributed by atoms with van der Waals surface area (Å²) in [4.78, 5) is 0. The van der Waals surface area contributed by atoms with Crippen LogP contribution in [0.25, 0.3) is 0 Å². The van der Waals surface area contributed by atoms with Gasteiger partial charge in [0.2, 0.25) is 0 Å². The molecule has 0 aromatic carbocycles. The molecule has 0 spiro atoms. The Labute approximate surface area is 47.0 Å². The van der Waals surface area contributed by atoms with Crippen molar-refractivity contribution in [1.82, 2.24) is 5.32 Å². The van der Waals surface area contributed by atoms with Crippen LogP contribution in [0.1, 0.15) is 0 Å². The summed E-state index contributed by atoms with van der Waals surface area (Å²) in [7, 11) is 0. The summed E-state index contributed by atoms with van der Waals surface area (Å²) >= 11 is 3.65. The molecule has 1 saturated heterocycles. The molecule has 0 saturated carbocycles. The maximum atomic E-state index is 7.34. The van der Waals surface area contributed by atoms with Crippen LogP contribution in [0.15, 0.2) is 0 Å². The van der Waals surface area contributed by atoms with Crippen molar-refractivity contribution < 1.29 is 10.2 Å². The third-order valence-corrected chi connectivity index (χ3v) is 0.250. The number of thiocarbonyl (C=S) groups is 1. The minimum atomic E-state index is -1.000. The van der Waals surface area contributed by atoms with Crippen molar-refractivity contribution in [2.75, 3.05) is 13.1 Å². The number of aliphatic hydroxyl groups excluding tert-OH is 1. The van der Waals surface area contributed by atoms with Crippen molar-refractivity contribution in [2.45, 2.75) is 0 Å². The Kier molecular flexibility index (Phi) is 3.64. The monoisotopic (exact) mass is 121 g/mol. The van der Waals surface area contributed by atoms with Crippen LogP contribution >= 0.6 is 12.2 Å². The molecule has 4 heteroatoms. The van der Waals surface area contributed by atoms with Gasteiger partial charge in [0.05, 0.1) is 0 Å². The van der Waals surface area contributed by atoms with Crippen LogP contribution in [-0.4, -0.2) is 28.5 Å². The Morgan fingerprint density at radius 3 is 1.57 bits per heavy atom. The second-order valence-electron chi connectivity index (χ2n) is 1.03. The smallest absolute Gasteiger partial charge is 0.347 e. The molecule has 7 heavy (non-hydrogen) atoms. The Bertz CT molecular complexity index is 57.2. The van der Waals surface area contributed by atoms with Crippen LogP contribution < -0.4 is 5.32 Å². The predicted octanol–water partition coefficient (Wildman–Crippen LogP) is -0.0231. The Balaban J connectivity index is 0.000000105. The second-order valence-corrected chi connectivity index (χ2v) is 1.40. The molecule has 1 heterocycles. The summed E-state index contributed by atoms with van der Waals surface area (Å²) in [6.45, 7) is 2.50. The zero-order chi connectivity index (χ0) is 5.70. The topological polar surface area (TPSA) is 62.4 Å². The molecule has 0 unspecified atom stereocenters. The summed E-state index contributed by atoms with van der Waals surface area (Å²) in [6, 6.07) is 0. The van der Waals surface area contributed by atoms with Crippen molar-refractivity contribution in [3.8, 4) is 0 Å². The minimum absolute atomic E-state index is 1.000. The van der Waals surface area contributed by atoms with E-state index in [0.717, 1.165) is 0 Å². The number of aliphatic hydroxyl groups is 2. The molecule has 1 fully saturated rings. The van der Waals surface area contributed by atoms with Crippen molar-refractivity contribution in [2.24, 2.45) is 0 Å². The van der Waals surface area contributed by atoms with E-state index in [-0.39, 0.29) is 0 Å². The number of rotatable bonds is 0. The maximum Gasteiger partial charge on any atom is 0.347 e. The van der Waals surface area contributed by atoms with Gasteiger partial charge < -0.3 is 15.5 Å². The average Bonchev–Trinajstić information content (AvgIpc) is 2.02. The number of nitrogens with one attached hydrogen (secondary N) is 1. The molecule has 1 rings (SSSR count). The van der Waals surface area contributed by atoms with Crippen LogP contribution in [0.3, 0.4) is 0 Å². The van der Waals surface area contributed by atoms with Gasteiger partial charge in [-0.15, -0.1) is 0 Å². The van der Waals surface area contributed by atoms with Gasteiger partial charge >= 0.3 is 5.24 Å². The second kappa shape index (κ2) is 3.83. The van der Waals surface area contributed by atoms with Crippen LogP contribution in [0.2, 0.25) is 0 Å². The largest absolute Gasteiger partial charge is 0.473 e. The highest BCUT2D eigenvalue weighted by Gasteiger charge is 1.91. The summed E-state index contributed by atoms with van der Waals surface area (Å²) < 4.78 is 0. The highest BCUT2D eigenvalue weighted by molar-refractivity contribution is 7.79. The number of hydrogen-bond acceptors (Lipinski definition) is 2. The van der Waals surface area contributed by atoms with Gasteiger partial charge in [-0.2, -0.15) is 0 Å². The first-order valence-electron chi connectivity index (χ1n) is 1.86. The van der Waals surface area contributed by atoms with Crippen molar-refractivity contribution in [1.29, 1.82) is 0 Å². The van der Waals surface area contributed by atoms with E-state index in [1.807, 2.05) is 0 Å². The van der Waals surface area contributed by atoms with Gasteiger partial charge in [-0.3, -0.25) is 0 Å². The van der Waals surface area contributed by atoms with Crippen molar-refractivity contribution in [3.63, 3.8) is 0 Å². The van der Waals surface area contributed by atoms with Gasteiger partial charge in [0.1, 0.15) is 0 Å². The molecule has 0 atom stereocenters. The van der Waals surface area contributed by atoms with Gasteiger partial charge in [-0.05, 0) is 0 Å². The Morgan fingerprint density at radius 1 is 1.43 bits per heavy atom. The predicted molar refractivity (Wildman–Crippen MR) is 30.7 cm³/mol. The zero-order valence-electron chi connectivity index (χ0n) is 3.72. The van der Waals surface area contributed by atoms with Crippen molar-refractivity contribution >= 4 is 17.5 Å². The van der Waals surface area contributed by atoms with E-state index in [1.54, 1.807) is 0 Å². The lowest BCUT2D eigenvalue weighted by molar-refractivity contribution is 0.386. The molecule has 0 aromatic rings. The van der Waals surface area contributed by atoms with Crippen LogP contribution in [-0.2, 0) is 0 Å². The molecule has 0 aliphatic carbocycles. The van der Waals surface area contributed by atoms with E-state index in [1.165, 1.54) is 13.1 Å². The first kappa shape index (κ1) is 6.65. The van der Waals surface area contributed by atoms with Gasteiger partial charge in [0.15, 0.2) is 0 Å². The molecule has 1 aliphatic heterocycles. The molecular weight excluding hydrogens is 114 g/mol. The van der Waals surface area contributed by atoms with E-state index in [4.69, 9.17) is 10.2 Å². The molecule has 42 valence electrons. The molecule has 0 aromatic heterocycles. The highest BCUT2D eigenvalue weighted by atomic mass is 32.1. The van der Waals surface area contributed by atoms with E-state index in [0.29, 0.717) is 0 Å². The zero-order valence-corrected chi connectivity index (χ0v) is 4.53. The molecule has 3 N–H and O–H groups in total. The summed E-state index contributed by atoms with van der Waals surface area (Å²) in [5.74, 6) is 0. The fourth-order valence-electron chi connectivity index (χ4n) is 0. The van der Waals surface area contributed by atoms with Crippen LogP contribution in [0.4, 0.5) is 0 Å². The van der Waals surface area contributed by atoms with Gasteiger partial charge in [0, 0.05) is 25.3 Å².